The van der Waals surface area contributed by atoms with Crippen LogP contribution >= 0.6 is 0 Å². The van der Waals surface area contributed by atoms with Gasteiger partial charge in [0.05, 0.1) is 6.07 Å². The molecular weight excluding hydrogens is 352 g/mol. The van der Waals surface area contributed by atoms with Gasteiger partial charge >= 0.3 is 0 Å². The zero-order valence-electron chi connectivity index (χ0n) is 16.8. The Morgan fingerprint density at radius 2 is 2.14 bits per heavy atom. The molecule has 0 aliphatic heterocycles. The summed E-state index contributed by atoms with van der Waals surface area (Å²) < 4.78 is 5.47. The average molecular weight is 380 g/mol. The van der Waals surface area contributed by atoms with Crippen molar-refractivity contribution in [3.05, 3.63) is 30.2 Å². The number of hydrogen-bond donors (Lipinski definition) is 0. The maximum Gasteiger partial charge on any atom is 0.232 e. The second-order valence-corrected chi connectivity index (χ2v) is 7.80. The van der Waals surface area contributed by atoms with Crippen molar-refractivity contribution in [1.29, 1.82) is 5.26 Å². The van der Waals surface area contributed by atoms with Gasteiger partial charge in [-0.05, 0) is 44.2 Å². The molecule has 1 amide bonds. The van der Waals surface area contributed by atoms with Crippen molar-refractivity contribution in [2.75, 3.05) is 11.4 Å². The highest BCUT2D eigenvalue weighted by Gasteiger charge is 2.44. The lowest BCUT2D eigenvalue weighted by molar-refractivity contribution is -0.118. The van der Waals surface area contributed by atoms with Crippen molar-refractivity contribution >= 4 is 11.6 Å². The van der Waals surface area contributed by atoms with E-state index < -0.39 is 0 Å². The summed E-state index contributed by atoms with van der Waals surface area (Å²) in [7, 11) is 0. The van der Waals surface area contributed by atoms with Crippen molar-refractivity contribution in [1.82, 2.24) is 10.1 Å². The third kappa shape index (κ3) is 4.78. The molecule has 0 radical (unpaired) electrons. The zero-order chi connectivity index (χ0) is 20.0. The molecule has 3 rings (SSSR count). The highest BCUT2D eigenvalue weighted by Crippen LogP contribution is 2.47. The number of nitriles is 1. The standard InChI is InChI=1S/C22H28N4O2/c1-3-9-19(27)26(15-7-5-4-6-14-23)18-11-8-10-17(16-18)20-24-21(28-25-20)22(2)12-13-22/h8,10-11,16H,3-7,9,12-13,15H2,1-2H3. The van der Waals surface area contributed by atoms with Crippen LogP contribution in [0.4, 0.5) is 5.69 Å². The Labute approximate surface area is 166 Å². The lowest BCUT2D eigenvalue weighted by Gasteiger charge is -2.23. The Bertz CT molecular complexity index is 848. The summed E-state index contributed by atoms with van der Waals surface area (Å²) in [5.74, 6) is 1.39. The van der Waals surface area contributed by atoms with Gasteiger partial charge in [0.15, 0.2) is 0 Å². The quantitative estimate of drug-likeness (QED) is 0.541. The van der Waals surface area contributed by atoms with E-state index in [2.05, 4.69) is 23.1 Å². The normalized spacial score (nSPS) is 14.5. The molecule has 0 spiro atoms. The van der Waals surface area contributed by atoms with E-state index in [1.807, 2.05) is 36.1 Å². The summed E-state index contributed by atoms with van der Waals surface area (Å²) in [5, 5.41) is 12.8. The first kappa shape index (κ1) is 20.1. The molecule has 28 heavy (non-hydrogen) atoms. The highest BCUT2D eigenvalue weighted by molar-refractivity contribution is 5.93. The maximum absolute atomic E-state index is 12.7. The fourth-order valence-corrected chi connectivity index (χ4v) is 3.20. The molecule has 2 aromatic rings. The van der Waals surface area contributed by atoms with Gasteiger partial charge < -0.3 is 9.42 Å². The van der Waals surface area contributed by atoms with E-state index in [0.717, 1.165) is 49.8 Å². The monoisotopic (exact) mass is 380 g/mol. The van der Waals surface area contributed by atoms with Crippen LogP contribution in [0.5, 0.6) is 0 Å². The molecule has 1 fully saturated rings. The van der Waals surface area contributed by atoms with E-state index in [0.29, 0.717) is 31.1 Å². The van der Waals surface area contributed by atoms with E-state index >= 15 is 0 Å². The number of rotatable bonds is 10. The van der Waals surface area contributed by atoms with Crippen LogP contribution in [0.15, 0.2) is 28.8 Å². The first-order valence-corrected chi connectivity index (χ1v) is 10.2. The van der Waals surface area contributed by atoms with E-state index in [9.17, 15) is 4.79 Å². The number of anilines is 1. The molecule has 0 atom stereocenters. The largest absolute Gasteiger partial charge is 0.338 e. The van der Waals surface area contributed by atoms with Crippen LogP contribution in [0.25, 0.3) is 11.4 Å². The van der Waals surface area contributed by atoms with Gasteiger partial charge in [-0.1, -0.05) is 37.6 Å². The fourth-order valence-electron chi connectivity index (χ4n) is 3.20. The molecule has 6 heteroatoms. The number of carbonyl (C=O) groups is 1. The Kier molecular flexibility index (Phi) is 6.45. The number of carbonyl (C=O) groups excluding carboxylic acids is 1. The Hall–Kier alpha value is -2.68. The first-order valence-electron chi connectivity index (χ1n) is 10.2. The molecular formula is C22H28N4O2. The lowest BCUT2D eigenvalue weighted by Crippen LogP contribution is -2.31. The second kappa shape index (κ2) is 9.01. The Morgan fingerprint density at radius 1 is 1.32 bits per heavy atom. The molecule has 0 bridgehead atoms. The van der Waals surface area contributed by atoms with Crippen LogP contribution < -0.4 is 4.90 Å². The Morgan fingerprint density at radius 3 is 2.86 bits per heavy atom. The SMILES string of the molecule is CCCC(=O)N(CCCCCC#N)c1cccc(-c2noc(C3(C)CC3)n2)c1. The third-order valence-electron chi connectivity index (χ3n) is 5.29. The number of nitrogens with zero attached hydrogens (tertiary/aromatic N) is 4. The van der Waals surface area contributed by atoms with Gasteiger partial charge in [0.2, 0.25) is 17.6 Å². The second-order valence-electron chi connectivity index (χ2n) is 7.80. The molecule has 1 saturated carbocycles. The molecule has 6 nitrogen and oxygen atoms in total. The summed E-state index contributed by atoms with van der Waals surface area (Å²) in [6, 6.07) is 9.97. The number of amides is 1. The minimum Gasteiger partial charge on any atom is -0.338 e. The molecule has 0 unspecified atom stereocenters. The zero-order valence-corrected chi connectivity index (χ0v) is 16.8. The molecule has 1 aromatic carbocycles. The molecule has 1 aromatic heterocycles. The van der Waals surface area contributed by atoms with Crippen LogP contribution in [0.1, 0.15) is 71.1 Å². The van der Waals surface area contributed by atoms with Gasteiger partial charge in [0.25, 0.3) is 0 Å². The maximum atomic E-state index is 12.7. The summed E-state index contributed by atoms with van der Waals surface area (Å²) in [4.78, 5) is 19.1. The van der Waals surface area contributed by atoms with Crippen LogP contribution in [0.2, 0.25) is 0 Å². The van der Waals surface area contributed by atoms with Crippen molar-refractivity contribution in [3.63, 3.8) is 0 Å². The van der Waals surface area contributed by atoms with E-state index in [1.165, 1.54) is 0 Å². The minimum absolute atomic E-state index is 0.0371. The van der Waals surface area contributed by atoms with E-state index in [-0.39, 0.29) is 11.3 Å². The smallest absolute Gasteiger partial charge is 0.232 e. The first-order chi connectivity index (χ1) is 13.6. The molecule has 148 valence electrons. The van der Waals surface area contributed by atoms with Gasteiger partial charge in [0.1, 0.15) is 0 Å². The van der Waals surface area contributed by atoms with Crippen LogP contribution in [0.3, 0.4) is 0 Å². The third-order valence-corrected chi connectivity index (χ3v) is 5.29. The van der Waals surface area contributed by atoms with Crippen LogP contribution in [-0.2, 0) is 10.2 Å². The summed E-state index contributed by atoms with van der Waals surface area (Å²) in [6.45, 7) is 4.81. The average Bonchev–Trinajstić information content (AvgIpc) is 3.25. The molecule has 1 aliphatic carbocycles. The molecule has 1 heterocycles. The molecule has 1 aliphatic rings. The number of unbranched alkanes of at least 4 members (excludes halogenated alkanes) is 3. The predicted octanol–water partition coefficient (Wildman–Crippen LogP) is 5.01. The topological polar surface area (TPSA) is 83.0 Å². The highest BCUT2D eigenvalue weighted by atomic mass is 16.5. The number of benzene rings is 1. The van der Waals surface area contributed by atoms with Crippen LogP contribution in [0, 0.1) is 11.3 Å². The van der Waals surface area contributed by atoms with E-state index in [4.69, 9.17) is 9.78 Å². The minimum atomic E-state index is 0.0371. The number of aromatic nitrogens is 2. The summed E-state index contributed by atoms with van der Waals surface area (Å²) in [5.41, 5.74) is 1.76. The van der Waals surface area contributed by atoms with Gasteiger partial charge in [-0.3, -0.25) is 4.79 Å². The predicted molar refractivity (Wildman–Crippen MR) is 108 cm³/mol. The molecule has 0 N–H and O–H groups in total. The van der Waals surface area contributed by atoms with E-state index in [1.54, 1.807) is 0 Å². The van der Waals surface area contributed by atoms with Crippen molar-refractivity contribution < 1.29 is 9.32 Å². The Balaban J connectivity index is 1.76. The van der Waals surface area contributed by atoms with Crippen molar-refractivity contribution in [3.8, 4) is 17.5 Å². The lowest BCUT2D eigenvalue weighted by atomic mass is 10.1. The summed E-state index contributed by atoms with van der Waals surface area (Å²) >= 11 is 0. The van der Waals surface area contributed by atoms with Crippen molar-refractivity contribution in [2.45, 2.75) is 70.6 Å². The fraction of sp³-hybridized carbons (Fsp3) is 0.545. The van der Waals surface area contributed by atoms with Gasteiger partial charge in [-0.15, -0.1) is 0 Å². The van der Waals surface area contributed by atoms with Gasteiger partial charge in [0, 0.05) is 36.1 Å². The van der Waals surface area contributed by atoms with Crippen LogP contribution in [-0.4, -0.2) is 22.6 Å². The van der Waals surface area contributed by atoms with Gasteiger partial charge in [-0.2, -0.15) is 10.2 Å². The molecule has 0 saturated heterocycles. The van der Waals surface area contributed by atoms with Crippen molar-refractivity contribution in [2.24, 2.45) is 0 Å². The summed E-state index contributed by atoms with van der Waals surface area (Å²) in [6.07, 6.45) is 6.76. The number of hydrogen-bond acceptors (Lipinski definition) is 5. The van der Waals surface area contributed by atoms with Gasteiger partial charge in [-0.25, -0.2) is 0 Å².